The lowest BCUT2D eigenvalue weighted by molar-refractivity contribution is -0.128. The minimum atomic E-state index is 0.185. The maximum atomic E-state index is 11.7. The van der Waals surface area contributed by atoms with E-state index in [4.69, 9.17) is 4.74 Å². The molecule has 0 saturated carbocycles. The second-order valence-electron chi connectivity index (χ2n) is 8.20. The first kappa shape index (κ1) is 21.3. The standard InChI is InChI=1S/C24H33N3O2/c1-26(2)24(28)12-11-19-7-9-20(10-8-19)17-21-13-15-27(16-14-21)18-22-5-4-6-23(25-22)29-3/h4-10,21H,11-18H2,1-3H3. The smallest absolute Gasteiger partial charge is 0.222 e. The molecular formula is C24H33N3O2. The molecule has 2 heterocycles. The molecule has 156 valence electrons. The number of hydrogen-bond acceptors (Lipinski definition) is 4. The minimum absolute atomic E-state index is 0.185. The molecule has 1 aliphatic rings. The average Bonchev–Trinajstić information content (AvgIpc) is 2.74. The summed E-state index contributed by atoms with van der Waals surface area (Å²) >= 11 is 0. The van der Waals surface area contributed by atoms with Crippen molar-refractivity contribution in [1.29, 1.82) is 0 Å². The molecular weight excluding hydrogens is 362 g/mol. The van der Waals surface area contributed by atoms with Crippen LogP contribution in [-0.4, -0.2) is 55.0 Å². The van der Waals surface area contributed by atoms with Gasteiger partial charge in [0.05, 0.1) is 12.8 Å². The highest BCUT2D eigenvalue weighted by Crippen LogP contribution is 2.23. The molecule has 2 aromatic rings. The van der Waals surface area contributed by atoms with E-state index < -0.39 is 0 Å². The maximum Gasteiger partial charge on any atom is 0.222 e. The van der Waals surface area contributed by atoms with Crippen molar-refractivity contribution in [2.24, 2.45) is 5.92 Å². The Morgan fingerprint density at radius 1 is 1.10 bits per heavy atom. The van der Waals surface area contributed by atoms with Crippen molar-refractivity contribution in [3.05, 3.63) is 59.3 Å². The van der Waals surface area contributed by atoms with Gasteiger partial charge >= 0.3 is 0 Å². The number of pyridine rings is 1. The summed E-state index contributed by atoms with van der Waals surface area (Å²) in [6.45, 7) is 3.13. The zero-order valence-electron chi connectivity index (χ0n) is 17.9. The first-order chi connectivity index (χ1) is 14.0. The number of carbonyl (C=O) groups excluding carboxylic acids is 1. The van der Waals surface area contributed by atoms with E-state index in [1.807, 2.05) is 26.2 Å². The molecule has 1 amide bonds. The fraction of sp³-hybridized carbons (Fsp3) is 0.500. The Morgan fingerprint density at radius 2 is 1.79 bits per heavy atom. The van der Waals surface area contributed by atoms with E-state index in [-0.39, 0.29) is 5.91 Å². The SMILES string of the molecule is COc1cccc(CN2CCC(Cc3ccc(CCC(=O)N(C)C)cc3)CC2)n1. The lowest BCUT2D eigenvalue weighted by atomic mass is 9.89. The van der Waals surface area contributed by atoms with Crippen LogP contribution >= 0.6 is 0 Å². The highest BCUT2D eigenvalue weighted by atomic mass is 16.5. The van der Waals surface area contributed by atoms with Gasteiger partial charge in [-0.2, -0.15) is 0 Å². The monoisotopic (exact) mass is 395 g/mol. The van der Waals surface area contributed by atoms with Crippen LogP contribution in [-0.2, 0) is 24.2 Å². The van der Waals surface area contributed by atoms with E-state index in [0.29, 0.717) is 12.3 Å². The van der Waals surface area contributed by atoms with Gasteiger partial charge in [0.15, 0.2) is 0 Å². The van der Waals surface area contributed by atoms with Crippen LogP contribution in [0.2, 0.25) is 0 Å². The van der Waals surface area contributed by atoms with E-state index >= 15 is 0 Å². The van der Waals surface area contributed by atoms with Crippen LogP contribution in [0.5, 0.6) is 5.88 Å². The Hall–Kier alpha value is -2.40. The molecule has 5 heteroatoms. The number of aryl methyl sites for hydroxylation is 1. The molecule has 5 nitrogen and oxygen atoms in total. The van der Waals surface area contributed by atoms with Crippen molar-refractivity contribution in [2.75, 3.05) is 34.3 Å². The predicted octanol–water partition coefficient (Wildman–Crippen LogP) is 3.57. The summed E-state index contributed by atoms with van der Waals surface area (Å²) in [6.07, 6.45) is 4.98. The molecule has 0 bridgehead atoms. The summed E-state index contributed by atoms with van der Waals surface area (Å²) in [7, 11) is 5.28. The van der Waals surface area contributed by atoms with Crippen LogP contribution in [0.3, 0.4) is 0 Å². The minimum Gasteiger partial charge on any atom is -0.481 e. The quantitative estimate of drug-likeness (QED) is 0.686. The molecule has 1 aliphatic heterocycles. The zero-order valence-corrected chi connectivity index (χ0v) is 17.9. The molecule has 0 spiro atoms. The largest absolute Gasteiger partial charge is 0.481 e. The second kappa shape index (κ2) is 10.4. The number of ether oxygens (including phenoxy) is 1. The molecule has 0 N–H and O–H groups in total. The van der Waals surface area contributed by atoms with Gasteiger partial charge in [0.2, 0.25) is 11.8 Å². The Kier molecular flexibility index (Phi) is 7.64. The topological polar surface area (TPSA) is 45.7 Å². The Bertz CT molecular complexity index is 781. The highest BCUT2D eigenvalue weighted by molar-refractivity contribution is 5.75. The van der Waals surface area contributed by atoms with Gasteiger partial charge in [-0.1, -0.05) is 30.3 Å². The van der Waals surface area contributed by atoms with E-state index in [9.17, 15) is 4.79 Å². The number of carbonyl (C=O) groups is 1. The third-order valence-corrected chi connectivity index (χ3v) is 5.76. The van der Waals surface area contributed by atoms with Crippen LogP contribution in [0, 0.1) is 5.92 Å². The summed E-state index contributed by atoms with van der Waals surface area (Å²) in [6, 6.07) is 14.8. The first-order valence-electron chi connectivity index (χ1n) is 10.5. The average molecular weight is 396 g/mol. The number of piperidine rings is 1. The molecule has 0 unspecified atom stereocenters. The van der Waals surface area contributed by atoms with Crippen molar-refractivity contribution in [3.63, 3.8) is 0 Å². The van der Waals surface area contributed by atoms with E-state index in [2.05, 4.69) is 40.2 Å². The number of nitrogens with zero attached hydrogens (tertiary/aromatic N) is 3. The lowest BCUT2D eigenvalue weighted by Gasteiger charge is -2.31. The van der Waals surface area contributed by atoms with Gasteiger partial charge in [0.25, 0.3) is 0 Å². The number of amides is 1. The predicted molar refractivity (Wildman–Crippen MR) is 116 cm³/mol. The zero-order chi connectivity index (χ0) is 20.6. The summed E-state index contributed by atoms with van der Waals surface area (Å²) in [5, 5.41) is 0. The molecule has 0 radical (unpaired) electrons. The van der Waals surface area contributed by atoms with Gasteiger partial charge in [-0.3, -0.25) is 9.69 Å². The summed E-state index contributed by atoms with van der Waals surface area (Å²) in [5.74, 6) is 1.61. The summed E-state index contributed by atoms with van der Waals surface area (Å²) in [4.78, 5) is 20.4. The molecule has 1 aromatic carbocycles. The Morgan fingerprint density at radius 3 is 2.45 bits per heavy atom. The number of hydrogen-bond donors (Lipinski definition) is 0. The van der Waals surface area contributed by atoms with Gasteiger partial charge in [0.1, 0.15) is 0 Å². The van der Waals surface area contributed by atoms with Gasteiger partial charge in [0, 0.05) is 33.1 Å². The van der Waals surface area contributed by atoms with Crippen molar-refractivity contribution >= 4 is 5.91 Å². The fourth-order valence-corrected chi connectivity index (χ4v) is 3.89. The van der Waals surface area contributed by atoms with Crippen molar-refractivity contribution in [3.8, 4) is 5.88 Å². The van der Waals surface area contributed by atoms with Crippen LogP contribution in [0.25, 0.3) is 0 Å². The number of likely N-dealkylation sites (tertiary alicyclic amines) is 1. The van der Waals surface area contributed by atoms with Crippen molar-refractivity contribution in [2.45, 2.75) is 38.6 Å². The van der Waals surface area contributed by atoms with Gasteiger partial charge in [-0.25, -0.2) is 4.98 Å². The number of methoxy groups -OCH3 is 1. The van der Waals surface area contributed by atoms with Crippen molar-refractivity contribution in [1.82, 2.24) is 14.8 Å². The van der Waals surface area contributed by atoms with Crippen molar-refractivity contribution < 1.29 is 9.53 Å². The first-order valence-corrected chi connectivity index (χ1v) is 10.5. The summed E-state index contributed by atoms with van der Waals surface area (Å²) in [5.41, 5.74) is 3.72. The third-order valence-electron chi connectivity index (χ3n) is 5.76. The second-order valence-corrected chi connectivity index (χ2v) is 8.20. The van der Waals surface area contributed by atoms with Gasteiger partial charge in [-0.15, -0.1) is 0 Å². The molecule has 29 heavy (non-hydrogen) atoms. The molecule has 0 aliphatic carbocycles. The Labute approximate surface area is 174 Å². The van der Waals surface area contributed by atoms with E-state index in [1.165, 1.54) is 24.0 Å². The molecule has 1 saturated heterocycles. The molecule has 3 rings (SSSR count). The van der Waals surface area contributed by atoms with Crippen LogP contribution in [0.1, 0.15) is 36.1 Å². The van der Waals surface area contributed by atoms with Gasteiger partial charge in [-0.05, 0) is 61.9 Å². The number of benzene rings is 1. The van der Waals surface area contributed by atoms with E-state index in [0.717, 1.165) is 44.1 Å². The number of aromatic nitrogens is 1. The molecule has 1 fully saturated rings. The van der Waals surface area contributed by atoms with Crippen LogP contribution in [0.4, 0.5) is 0 Å². The van der Waals surface area contributed by atoms with E-state index in [1.54, 1.807) is 12.0 Å². The van der Waals surface area contributed by atoms with Crippen LogP contribution in [0.15, 0.2) is 42.5 Å². The maximum absolute atomic E-state index is 11.7. The number of rotatable bonds is 8. The molecule has 0 atom stereocenters. The summed E-state index contributed by atoms with van der Waals surface area (Å²) < 4.78 is 5.22. The third kappa shape index (κ3) is 6.57. The van der Waals surface area contributed by atoms with Gasteiger partial charge < -0.3 is 9.64 Å². The normalized spacial score (nSPS) is 15.3. The Balaban J connectivity index is 1.42. The van der Waals surface area contributed by atoms with Crippen LogP contribution < -0.4 is 4.74 Å². The highest BCUT2D eigenvalue weighted by Gasteiger charge is 2.20. The lowest BCUT2D eigenvalue weighted by Crippen LogP contribution is -2.34. The fourth-order valence-electron chi connectivity index (χ4n) is 3.89. The molecule has 1 aromatic heterocycles.